The van der Waals surface area contributed by atoms with Gasteiger partial charge in [0.25, 0.3) is 0 Å². The van der Waals surface area contributed by atoms with Crippen molar-refractivity contribution in [2.24, 2.45) is 29.1 Å². The second kappa shape index (κ2) is 11.2. The zero-order valence-corrected chi connectivity index (χ0v) is 27.1. The molecule has 5 aliphatic rings. The summed E-state index contributed by atoms with van der Waals surface area (Å²) in [6.45, 7) is 6.61. The molecule has 10 nitrogen and oxygen atoms in total. The van der Waals surface area contributed by atoms with Crippen LogP contribution in [-0.2, 0) is 41.5 Å². The largest absolute Gasteiger partial charge is 0.504 e. The highest BCUT2D eigenvalue weighted by molar-refractivity contribution is 6.06. The van der Waals surface area contributed by atoms with Gasteiger partial charge in [-0.25, -0.2) is 0 Å². The second-order valence-corrected chi connectivity index (χ2v) is 14.0. The zero-order chi connectivity index (χ0) is 34.1. The van der Waals surface area contributed by atoms with E-state index in [2.05, 4.69) is 0 Å². The van der Waals surface area contributed by atoms with E-state index in [1.165, 1.54) is 19.2 Å². The van der Waals surface area contributed by atoms with Crippen LogP contribution >= 0.6 is 0 Å². The molecule has 0 amide bonds. The number of methoxy groups -OCH3 is 1. The number of rotatable bonds is 8. The van der Waals surface area contributed by atoms with Gasteiger partial charge in [-0.1, -0.05) is 69.3 Å². The molecule has 5 aliphatic carbocycles. The van der Waals surface area contributed by atoms with E-state index in [-0.39, 0.29) is 48.7 Å². The van der Waals surface area contributed by atoms with Crippen LogP contribution in [0.25, 0.3) is 0 Å². The molecule has 0 aromatic heterocycles. The maximum atomic E-state index is 14.2. The molecule has 2 bridgehead atoms. The first-order chi connectivity index (χ1) is 22.1. The molecule has 0 unspecified atom stereocenters. The summed E-state index contributed by atoms with van der Waals surface area (Å²) in [5, 5.41) is 34.8. The third-order valence-corrected chi connectivity index (χ3v) is 11.1. The Morgan fingerprint density at radius 2 is 1.64 bits per heavy atom. The number of benzene rings is 2. The highest BCUT2D eigenvalue weighted by Crippen LogP contribution is 2.71. The standard InChI is InChI=1S/C37H40O10/c1-20-13-28-35(43,32(20)41)18-24(19-46-29(39)17-23-11-12-26(38)27(15-23)45-5)14-25-31-33(42)37(34(31,3)4,21(2)36(25,28)44)47-30(40)16-22-9-7-6-8-10-22/h6-15,21,25,28,31,38,43-44H,16-19H2,1-5H3/t21-,25-,28+,31+,35+,36+,37+/m0/s1. The average Bonchev–Trinajstić information content (AvgIpc) is 3.19. The third-order valence-electron chi connectivity index (χ3n) is 11.1. The number of phenols is 1. The molecule has 0 radical (unpaired) electrons. The molecule has 7 atom stereocenters. The number of carbonyl (C=O) groups is 4. The lowest BCUT2D eigenvalue weighted by atomic mass is 9.34. The molecule has 2 aromatic carbocycles. The predicted molar refractivity (Wildman–Crippen MR) is 168 cm³/mol. The third kappa shape index (κ3) is 4.67. The summed E-state index contributed by atoms with van der Waals surface area (Å²) in [7, 11) is 1.40. The van der Waals surface area contributed by atoms with Gasteiger partial charge in [0.1, 0.15) is 12.2 Å². The van der Waals surface area contributed by atoms with Crippen LogP contribution < -0.4 is 4.74 Å². The van der Waals surface area contributed by atoms with Gasteiger partial charge in [-0.15, -0.1) is 0 Å². The van der Waals surface area contributed by atoms with Crippen molar-refractivity contribution in [3.8, 4) is 11.5 Å². The first-order valence-corrected chi connectivity index (χ1v) is 15.8. The van der Waals surface area contributed by atoms with E-state index in [0.29, 0.717) is 16.7 Å². The van der Waals surface area contributed by atoms with E-state index in [1.54, 1.807) is 56.3 Å². The number of carbonyl (C=O) groups excluding carboxylic acids is 4. The van der Waals surface area contributed by atoms with Crippen LogP contribution in [0.3, 0.4) is 0 Å². The minimum Gasteiger partial charge on any atom is -0.504 e. The molecule has 0 spiro atoms. The Morgan fingerprint density at radius 3 is 2.30 bits per heavy atom. The van der Waals surface area contributed by atoms with Gasteiger partial charge < -0.3 is 29.5 Å². The number of ether oxygens (including phenoxy) is 3. The molecule has 2 aromatic rings. The van der Waals surface area contributed by atoms with Gasteiger partial charge in [-0.2, -0.15) is 0 Å². The number of esters is 2. The molecule has 0 saturated heterocycles. The van der Waals surface area contributed by atoms with E-state index < -0.39 is 63.6 Å². The van der Waals surface area contributed by atoms with Gasteiger partial charge in [0.05, 0.1) is 25.6 Å². The summed E-state index contributed by atoms with van der Waals surface area (Å²) in [5.74, 6) is -5.78. The first-order valence-electron chi connectivity index (χ1n) is 15.8. The van der Waals surface area contributed by atoms with Crippen LogP contribution in [0.15, 0.2) is 71.8 Å². The lowest BCUT2D eigenvalue weighted by Gasteiger charge is -2.72. The van der Waals surface area contributed by atoms with Crippen molar-refractivity contribution in [1.29, 1.82) is 0 Å². The molecule has 3 fully saturated rings. The maximum Gasteiger partial charge on any atom is 0.311 e. The number of hydrogen-bond acceptors (Lipinski definition) is 10. The quantitative estimate of drug-likeness (QED) is 0.287. The van der Waals surface area contributed by atoms with E-state index >= 15 is 0 Å². The van der Waals surface area contributed by atoms with Crippen molar-refractivity contribution in [2.75, 3.05) is 13.7 Å². The highest BCUT2D eigenvalue weighted by atomic mass is 16.6. The topological polar surface area (TPSA) is 157 Å². The van der Waals surface area contributed by atoms with Crippen LogP contribution in [0.2, 0.25) is 0 Å². The summed E-state index contributed by atoms with van der Waals surface area (Å²) in [6, 6.07) is 13.5. The van der Waals surface area contributed by atoms with Crippen LogP contribution in [0.4, 0.5) is 0 Å². The summed E-state index contributed by atoms with van der Waals surface area (Å²) >= 11 is 0. The minimum atomic E-state index is -2.07. The number of ketones is 2. The van der Waals surface area contributed by atoms with Gasteiger partial charge in [0.15, 0.2) is 28.7 Å². The second-order valence-electron chi connectivity index (χ2n) is 14.0. The van der Waals surface area contributed by atoms with Crippen LogP contribution in [0, 0.1) is 29.1 Å². The number of Topliss-reactive ketones (excluding diaryl/α,β-unsaturated/α-hetero) is 2. The van der Waals surface area contributed by atoms with Gasteiger partial charge >= 0.3 is 11.9 Å². The molecule has 0 heterocycles. The van der Waals surface area contributed by atoms with E-state index in [4.69, 9.17) is 14.2 Å². The van der Waals surface area contributed by atoms with Crippen LogP contribution in [-0.4, -0.2) is 69.3 Å². The van der Waals surface area contributed by atoms with E-state index in [9.17, 15) is 34.5 Å². The fourth-order valence-electron chi connectivity index (χ4n) is 8.88. The Labute approximate surface area is 273 Å². The van der Waals surface area contributed by atoms with Crippen molar-refractivity contribution in [3.05, 3.63) is 83.0 Å². The number of hydrogen-bond donors (Lipinski definition) is 3. The molecule has 7 rings (SSSR count). The van der Waals surface area contributed by atoms with Crippen molar-refractivity contribution < 1.29 is 48.7 Å². The molecule has 3 saturated carbocycles. The summed E-state index contributed by atoms with van der Waals surface area (Å²) < 4.78 is 16.8. The Kier molecular flexibility index (Phi) is 7.76. The highest BCUT2D eigenvalue weighted by Gasteiger charge is 2.84. The normalized spacial score (nSPS) is 33.3. The van der Waals surface area contributed by atoms with Gasteiger partial charge in [-0.05, 0) is 41.3 Å². The molecule has 0 aliphatic heterocycles. The minimum absolute atomic E-state index is 0.0671. The van der Waals surface area contributed by atoms with E-state index in [1.807, 2.05) is 19.9 Å². The van der Waals surface area contributed by atoms with Gasteiger partial charge in [-0.3, -0.25) is 19.2 Å². The Balaban J connectivity index is 1.33. The molecule has 47 heavy (non-hydrogen) atoms. The number of aromatic hydroxyl groups is 1. The monoisotopic (exact) mass is 644 g/mol. The molecule has 10 heteroatoms. The van der Waals surface area contributed by atoms with Crippen molar-refractivity contribution in [1.82, 2.24) is 0 Å². The van der Waals surface area contributed by atoms with Gasteiger partial charge in [0, 0.05) is 35.5 Å². The van der Waals surface area contributed by atoms with Crippen molar-refractivity contribution >= 4 is 23.5 Å². The zero-order valence-electron chi connectivity index (χ0n) is 27.1. The van der Waals surface area contributed by atoms with Crippen molar-refractivity contribution in [3.63, 3.8) is 0 Å². The SMILES string of the molecule is COc1cc(CC(=O)OCC2=C[C@H]3[C@@H]4C(=O)[C@](OC(=O)Cc5ccccc5)([C@@H](C)[C@]3(O)[C@@H]3C=C(C)C(=O)[C@@]3(O)C2)C4(C)C)ccc1O. The van der Waals surface area contributed by atoms with Crippen LogP contribution in [0.1, 0.15) is 45.2 Å². The molecule has 3 N–H and O–H groups in total. The summed E-state index contributed by atoms with van der Waals surface area (Å²) in [5.41, 5.74) is -4.62. The molecule has 248 valence electrons. The maximum absolute atomic E-state index is 14.2. The van der Waals surface area contributed by atoms with Gasteiger partial charge in [0.2, 0.25) is 0 Å². The Hall–Kier alpha value is -4.28. The first kappa shape index (κ1) is 32.7. The Morgan fingerprint density at radius 1 is 0.957 bits per heavy atom. The van der Waals surface area contributed by atoms with E-state index in [0.717, 1.165) is 0 Å². The fraction of sp³-hybridized carbons (Fsp3) is 0.459. The smallest absolute Gasteiger partial charge is 0.311 e. The van der Waals surface area contributed by atoms with Crippen molar-refractivity contribution in [2.45, 2.75) is 63.8 Å². The Bertz CT molecular complexity index is 1720. The molecular weight excluding hydrogens is 604 g/mol. The fourth-order valence-corrected chi connectivity index (χ4v) is 8.88. The summed E-state index contributed by atoms with van der Waals surface area (Å²) in [6.07, 6.45) is 2.82. The summed E-state index contributed by atoms with van der Waals surface area (Å²) in [4.78, 5) is 54.0. The lowest BCUT2D eigenvalue weighted by Crippen LogP contribution is -2.85. The number of fused-ring (bicyclic) bond motifs is 1. The molecular formula is C37H40O10. The lowest BCUT2D eigenvalue weighted by molar-refractivity contribution is -0.305. The van der Waals surface area contributed by atoms with Crippen LogP contribution in [0.5, 0.6) is 11.5 Å². The predicted octanol–water partition coefficient (Wildman–Crippen LogP) is 3.44. The number of aliphatic hydroxyl groups is 2. The number of phenolic OH excluding ortho intramolecular Hbond substituents is 1. The average molecular weight is 645 g/mol.